The Balaban J connectivity index is 2.77. The van der Waals surface area contributed by atoms with E-state index in [4.69, 9.17) is 5.73 Å². The van der Waals surface area contributed by atoms with Gasteiger partial charge in [-0.05, 0) is 13.0 Å². The molecule has 2 aromatic rings. The number of fused-ring (bicyclic) bond motifs is 1. The number of rotatable bonds is 2. The van der Waals surface area contributed by atoms with Crippen LogP contribution in [0.3, 0.4) is 0 Å². The van der Waals surface area contributed by atoms with Crippen molar-refractivity contribution in [2.45, 2.75) is 19.1 Å². The Labute approximate surface area is 101 Å². The lowest BCUT2D eigenvalue weighted by Crippen LogP contribution is -2.28. The van der Waals surface area contributed by atoms with Crippen molar-refractivity contribution in [3.8, 4) is 0 Å². The molecule has 18 heavy (non-hydrogen) atoms. The second-order valence-electron chi connectivity index (χ2n) is 4.07. The van der Waals surface area contributed by atoms with Gasteiger partial charge in [-0.15, -0.1) is 0 Å². The number of nitrogens with two attached hydrogens (primary N) is 1. The van der Waals surface area contributed by atoms with E-state index < -0.39 is 29.3 Å². The molecule has 6 heteroatoms. The van der Waals surface area contributed by atoms with Gasteiger partial charge in [0, 0.05) is 10.9 Å². The Morgan fingerprint density at radius 2 is 1.94 bits per heavy atom. The summed E-state index contributed by atoms with van der Waals surface area (Å²) < 4.78 is 39.1. The summed E-state index contributed by atoms with van der Waals surface area (Å²) in [5, 5.41) is -0.0194. The molecule has 3 nitrogen and oxygen atoms in total. The first-order valence-electron chi connectivity index (χ1n) is 5.30. The highest BCUT2D eigenvalue weighted by Crippen LogP contribution is 2.37. The van der Waals surface area contributed by atoms with Gasteiger partial charge >= 0.3 is 6.18 Å². The standard InChI is InChI=1S/C12H11F3N2O/c1-6(16)11(18)10-9(12(13,14)15)7-4-2-3-5-8(7)17-10/h2-6,17H,16H2,1H3. The average Bonchev–Trinajstić information content (AvgIpc) is 2.66. The van der Waals surface area contributed by atoms with Gasteiger partial charge in [0.05, 0.1) is 17.3 Å². The molecule has 96 valence electrons. The number of carbonyl (C=O) groups excluding carboxylic acids is 1. The minimum Gasteiger partial charge on any atom is -0.352 e. The number of ketones is 1. The zero-order valence-electron chi connectivity index (χ0n) is 9.51. The summed E-state index contributed by atoms with van der Waals surface area (Å²) in [6.45, 7) is 1.36. The van der Waals surface area contributed by atoms with Crippen LogP contribution in [-0.4, -0.2) is 16.8 Å². The van der Waals surface area contributed by atoms with E-state index in [-0.39, 0.29) is 10.9 Å². The lowest BCUT2D eigenvalue weighted by Gasteiger charge is -2.09. The quantitative estimate of drug-likeness (QED) is 0.811. The van der Waals surface area contributed by atoms with E-state index in [2.05, 4.69) is 4.98 Å². The van der Waals surface area contributed by atoms with Crippen molar-refractivity contribution in [3.63, 3.8) is 0 Å². The molecule has 0 spiro atoms. The summed E-state index contributed by atoms with van der Waals surface area (Å²) in [4.78, 5) is 14.2. The van der Waals surface area contributed by atoms with E-state index in [0.717, 1.165) is 0 Å². The second-order valence-corrected chi connectivity index (χ2v) is 4.07. The number of nitrogens with one attached hydrogen (secondary N) is 1. The Morgan fingerprint density at radius 3 is 2.50 bits per heavy atom. The minimum atomic E-state index is -4.60. The molecule has 0 aliphatic rings. The van der Waals surface area contributed by atoms with Crippen LogP contribution < -0.4 is 5.73 Å². The van der Waals surface area contributed by atoms with Gasteiger partial charge in [-0.1, -0.05) is 18.2 Å². The summed E-state index contributed by atoms with van der Waals surface area (Å²) in [6, 6.07) is 4.92. The lowest BCUT2D eigenvalue weighted by atomic mass is 10.1. The van der Waals surface area contributed by atoms with E-state index in [1.165, 1.54) is 25.1 Å². The fourth-order valence-electron chi connectivity index (χ4n) is 1.85. The van der Waals surface area contributed by atoms with Crippen molar-refractivity contribution in [2.24, 2.45) is 5.73 Å². The topological polar surface area (TPSA) is 58.9 Å². The smallest absolute Gasteiger partial charge is 0.352 e. The number of Topliss-reactive ketones (excluding diaryl/α,β-unsaturated/α-hetero) is 1. The third kappa shape index (κ3) is 1.99. The number of hydrogen-bond acceptors (Lipinski definition) is 2. The third-order valence-corrected chi connectivity index (χ3v) is 2.65. The van der Waals surface area contributed by atoms with Crippen molar-refractivity contribution in [2.75, 3.05) is 0 Å². The van der Waals surface area contributed by atoms with Crippen LogP contribution in [0.1, 0.15) is 23.0 Å². The van der Waals surface area contributed by atoms with E-state index in [0.29, 0.717) is 0 Å². The SMILES string of the molecule is CC(N)C(=O)c1[nH]c2ccccc2c1C(F)(F)F. The van der Waals surface area contributed by atoms with Crippen molar-refractivity contribution >= 4 is 16.7 Å². The molecule has 0 bridgehead atoms. The zero-order chi connectivity index (χ0) is 13.5. The Hall–Kier alpha value is -1.82. The largest absolute Gasteiger partial charge is 0.419 e. The molecule has 3 N–H and O–H groups in total. The Morgan fingerprint density at radius 1 is 1.33 bits per heavy atom. The Bertz CT molecular complexity index is 599. The molecule has 0 aliphatic heterocycles. The average molecular weight is 256 g/mol. The van der Waals surface area contributed by atoms with Crippen LogP contribution in [0.15, 0.2) is 24.3 Å². The van der Waals surface area contributed by atoms with Crippen LogP contribution in [0.4, 0.5) is 13.2 Å². The first-order chi connectivity index (χ1) is 8.32. The fraction of sp³-hybridized carbons (Fsp3) is 0.250. The third-order valence-electron chi connectivity index (χ3n) is 2.65. The lowest BCUT2D eigenvalue weighted by molar-refractivity contribution is -0.136. The number of halogens is 3. The molecular weight excluding hydrogens is 245 g/mol. The molecule has 0 saturated carbocycles. The maximum absolute atomic E-state index is 13.0. The van der Waals surface area contributed by atoms with Gasteiger partial charge in [0.2, 0.25) is 0 Å². The summed E-state index contributed by atoms with van der Waals surface area (Å²) in [5.74, 6) is -0.751. The molecule has 2 rings (SSSR count). The number of benzene rings is 1. The number of carbonyl (C=O) groups is 1. The highest BCUT2D eigenvalue weighted by atomic mass is 19.4. The molecule has 0 fully saturated rings. The molecule has 0 amide bonds. The normalized spacial score (nSPS) is 13.8. The first-order valence-corrected chi connectivity index (χ1v) is 5.30. The molecule has 0 aliphatic carbocycles. The van der Waals surface area contributed by atoms with E-state index in [9.17, 15) is 18.0 Å². The predicted octanol–water partition coefficient (Wildman–Crippen LogP) is 2.72. The van der Waals surface area contributed by atoms with E-state index >= 15 is 0 Å². The molecule has 1 aromatic heterocycles. The van der Waals surface area contributed by atoms with Crippen LogP contribution in [0, 0.1) is 0 Å². The minimum absolute atomic E-state index is 0.0194. The van der Waals surface area contributed by atoms with Crippen LogP contribution in [0.2, 0.25) is 0 Å². The molecule has 1 heterocycles. The van der Waals surface area contributed by atoms with Crippen LogP contribution in [0.25, 0.3) is 10.9 Å². The summed E-state index contributed by atoms with van der Waals surface area (Å²) in [6.07, 6.45) is -4.60. The Kier molecular flexibility index (Phi) is 2.90. The molecule has 1 unspecified atom stereocenters. The van der Waals surface area contributed by atoms with Gasteiger partial charge in [0.15, 0.2) is 5.78 Å². The summed E-state index contributed by atoms with van der Waals surface area (Å²) >= 11 is 0. The van der Waals surface area contributed by atoms with Crippen LogP contribution in [-0.2, 0) is 6.18 Å². The highest BCUT2D eigenvalue weighted by molar-refractivity contribution is 6.05. The van der Waals surface area contributed by atoms with Gasteiger partial charge in [0.1, 0.15) is 0 Å². The highest BCUT2D eigenvalue weighted by Gasteiger charge is 2.39. The maximum atomic E-state index is 13.0. The van der Waals surface area contributed by atoms with Crippen molar-refractivity contribution in [1.82, 2.24) is 4.98 Å². The van der Waals surface area contributed by atoms with Crippen molar-refractivity contribution in [3.05, 3.63) is 35.5 Å². The van der Waals surface area contributed by atoms with Crippen molar-refractivity contribution < 1.29 is 18.0 Å². The van der Waals surface area contributed by atoms with Gasteiger partial charge in [0.25, 0.3) is 0 Å². The number of aromatic amines is 1. The monoisotopic (exact) mass is 256 g/mol. The van der Waals surface area contributed by atoms with Crippen LogP contribution >= 0.6 is 0 Å². The number of H-pyrrole nitrogens is 1. The summed E-state index contributed by atoms with van der Waals surface area (Å²) in [5.41, 5.74) is 4.22. The van der Waals surface area contributed by atoms with Crippen LogP contribution in [0.5, 0.6) is 0 Å². The van der Waals surface area contributed by atoms with E-state index in [1.807, 2.05) is 0 Å². The van der Waals surface area contributed by atoms with E-state index in [1.54, 1.807) is 6.07 Å². The summed E-state index contributed by atoms with van der Waals surface area (Å²) in [7, 11) is 0. The first kappa shape index (κ1) is 12.6. The molecular formula is C12H11F3N2O. The van der Waals surface area contributed by atoms with Crippen molar-refractivity contribution in [1.29, 1.82) is 0 Å². The number of aromatic nitrogens is 1. The van der Waals surface area contributed by atoms with Gasteiger partial charge < -0.3 is 10.7 Å². The maximum Gasteiger partial charge on any atom is 0.419 e. The number of alkyl halides is 3. The van der Waals surface area contributed by atoms with Gasteiger partial charge in [-0.2, -0.15) is 13.2 Å². The molecule has 0 saturated heterocycles. The number of hydrogen-bond donors (Lipinski definition) is 2. The fourth-order valence-corrected chi connectivity index (χ4v) is 1.85. The predicted molar refractivity (Wildman–Crippen MR) is 61.3 cm³/mol. The molecule has 1 aromatic carbocycles. The second kappa shape index (κ2) is 4.13. The number of para-hydroxylation sites is 1. The molecule has 1 atom stereocenters. The van der Waals surface area contributed by atoms with Gasteiger partial charge in [-0.25, -0.2) is 0 Å². The zero-order valence-corrected chi connectivity index (χ0v) is 9.51. The van der Waals surface area contributed by atoms with Gasteiger partial charge in [-0.3, -0.25) is 4.79 Å². The molecule has 0 radical (unpaired) electrons.